The molecular weight excluding hydrogens is 496 g/mol. The van der Waals surface area contributed by atoms with Crippen LogP contribution < -0.4 is 0 Å². The number of hydrogen-bond acceptors (Lipinski definition) is 1. The third kappa shape index (κ3) is 8.64. The molecule has 0 aromatic carbocycles. The molecule has 1 spiro atoms. The third-order valence-electron chi connectivity index (χ3n) is 12.1. The van der Waals surface area contributed by atoms with Crippen LogP contribution in [0.1, 0.15) is 159 Å². The number of fused-ring (bicyclic) bond motifs is 3. The van der Waals surface area contributed by atoms with Crippen molar-refractivity contribution >= 4 is 0 Å². The SMILES string of the molecule is CC.CC/C(=C\C=C(C)C)CC(C)O[C@@H]1CC[C@]23CCC[C@@]4(C)C([C@H](C)CCCC(C)C)CCC4[C@@H](C=CC2C1)C3. The van der Waals surface area contributed by atoms with E-state index in [9.17, 15) is 0 Å². The Bertz CT molecular complexity index is 873. The highest BCUT2D eigenvalue weighted by Gasteiger charge is 2.55. The van der Waals surface area contributed by atoms with Gasteiger partial charge in [0.15, 0.2) is 0 Å². The zero-order chi connectivity index (χ0) is 30.2. The molecule has 4 aliphatic rings. The van der Waals surface area contributed by atoms with Crippen LogP contribution in [-0.2, 0) is 4.74 Å². The van der Waals surface area contributed by atoms with Gasteiger partial charge in [0.1, 0.15) is 0 Å². The van der Waals surface area contributed by atoms with Crippen molar-refractivity contribution in [2.75, 3.05) is 0 Å². The van der Waals surface area contributed by atoms with Crippen molar-refractivity contribution in [2.45, 2.75) is 171 Å². The van der Waals surface area contributed by atoms with E-state index in [-0.39, 0.29) is 0 Å². The zero-order valence-corrected chi connectivity index (χ0v) is 29.2. The van der Waals surface area contributed by atoms with Gasteiger partial charge in [0, 0.05) is 0 Å². The first-order chi connectivity index (χ1) is 19.6. The maximum Gasteiger partial charge on any atom is 0.0587 e. The molecule has 2 bridgehead atoms. The van der Waals surface area contributed by atoms with Gasteiger partial charge in [-0.3, -0.25) is 0 Å². The van der Waals surface area contributed by atoms with E-state index in [2.05, 4.69) is 79.7 Å². The lowest BCUT2D eigenvalue weighted by atomic mass is 9.51. The fourth-order valence-corrected chi connectivity index (χ4v) is 9.98. The molecule has 0 aromatic rings. The number of ether oxygens (including phenoxy) is 1. The van der Waals surface area contributed by atoms with E-state index in [1.54, 1.807) is 0 Å². The minimum Gasteiger partial charge on any atom is -0.375 e. The van der Waals surface area contributed by atoms with Crippen molar-refractivity contribution in [3.05, 3.63) is 35.5 Å². The molecular formula is C40H70O. The fourth-order valence-electron chi connectivity index (χ4n) is 9.98. The molecule has 9 atom stereocenters. The lowest BCUT2D eigenvalue weighted by Crippen LogP contribution is -2.47. The zero-order valence-electron chi connectivity index (χ0n) is 29.2. The van der Waals surface area contributed by atoms with Gasteiger partial charge in [-0.2, -0.15) is 0 Å². The maximum atomic E-state index is 6.75. The predicted molar refractivity (Wildman–Crippen MR) is 181 cm³/mol. The minimum absolute atomic E-state index is 0.317. The second-order valence-corrected chi connectivity index (χ2v) is 15.6. The fraction of sp³-hybridized carbons (Fsp3) is 0.850. The number of hydrogen-bond donors (Lipinski definition) is 0. The van der Waals surface area contributed by atoms with Crippen LogP contribution in [0.25, 0.3) is 0 Å². The standard InChI is InChI=1S/C38H64O.C2H6/c1-9-31(15-14-28(4)5)24-30(7)39-34-20-23-38-22-11-21-37(8)35(29(6)13-10-12-27(2)3)18-19-36(37)32(26-38)16-17-33(38)25-34;1-2/h14-17,27,29-30,32-36H,9-13,18-26H2,1-8H3;1-2H3/b31-15+;/t29-,30?,32+,33?,34-,35?,36?,37+,38+;/m1./s1. The Hall–Kier alpha value is -0.820. The van der Waals surface area contributed by atoms with E-state index in [1.807, 2.05) is 13.8 Å². The molecule has 4 rings (SSSR count). The molecule has 4 aliphatic carbocycles. The Morgan fingerprint density at radius 2 is 1.71 bits per heavy atom. The van der Waals surface area contributed by atoms with E-state index in [0.29, 0.717) is 23.0 Å². The van der Waals surface area contributed by atoms with Crippen molar-refractivity contribution in [3.8, 4) is 0 Å². The molecule has 236 valence electrons. The van der Waals surface area contributed by atoms with Gasteiger partial charge < -0.3 is 4.74 Å². The van der Waals surface area contributed by atoms with E-state index in [1.165, 1.54) is 88.2 Å². The van der Waals surface area contributed by atoms with Crippen molar-refractivity contribution in [2.24, 2.45) is 46.3 Å². The molecule has 0 heterocycles. The van der Waals surface area contributed by atoms with Crippen LogP contribution in [0, 0.1) is 46.3 Å². The summed E-state index contributed by atoms with van der Waals surface area (Å²) in [6, 6.07) is 0. The average molecular weight is 567 g/mol. The summed E-state index contributed by atoms with van der Waals surface area (Å²) in [6.07, 6.45) is 30.0. The molecule has 1 nitrogen and oxygen atoms in total. The Labute approximate surface area is 257 Å². The summed E-state index contributed by atoms with van der Waals surface area (Å²) in [6.45, 7) is 23.1. The molecule has 0 aromatic heterocycles. The smallest absolute Gasteiger partial charge is 0.0587 e. The van der Waals surface area contributed by atoms with Gasteiger partial charge in [-0.15, -0.1) is 0 Å². The molecule has 1 heteroatoms. The van der Waals surface area contributed by atoms with Crippen LogP contribution in [-0.4, -0.2) is 12.2 Å². The predicted octanol–water partition coefficient (Wildman–Crippen LogP) is 12.5. The van der Waals surface area contributed by atoms with Gasteiger partial charge in [0.05, 0.1) is 12.2 Å². The molecule has 0 aliphatic heterocycles. The van der Waals surface area contributed by atoms with Gasteiger partial charge >= 0.3 is 0 Å². The molecule has 0 saturated heterocycles. The summed E-state index contributed by atoms with van der Waals surface area (Å²) in [4.78, 5) is 0. The highest BCUT2D eigenvalue weighted by atomic mass is 16.5. The summed E-state index contributed by atoms with van der Waals surface area (Å²) >= 11 is 0. The summed E-state index contributed by atoms with van der Waals surface area (Å²) in [5.74, 6) is 5.17. The Morgan fingerprint density at radius 3 is 2.39 bits per heavy atom. The van der Waals surface area contributed by atoms with Gasteiger partial charge in [-0.05, 0) is 131 Å². The monoisotopic (exact) mass is 567 g/mol. The molecule has 4 unspecified atom stereocenters. The summed E-state index contributed by atoms with van der Waals surface area (Å²) in [5.41, 5.74) is 4.01. The Morgan fingerprint density at radius 1 is 0.951 bits per heavy atom. The maximum absolute atomic E-state index is 6.75. The van der Waals surface area contributed by atoms with E-state index < -0.39 is 0 Å². The van der Waals surface area contributed by atoms with Crippen LogP contribution in [0.15, 0.2) is 35.5 Å². The topological polar surface area (TPSA) is 9.23 Å². The van der Waals surface area contributed by atoms with Crippen LogP contribution in [0.2, 0.25) is 0 Å². The molecule has 0 radical (unpaired) electrons. The molecule has 3 saturated carbocycles. The summed E-state index contributed by atoms with van der Waals surface area (Å²) in [5, 5.41) is 0. The van der Waals surface area contributed by atoms with Gasteiger partial charge in [0.25, 0.3) is 0 Å². The van der Waals surface area contributed by atoms with Gasteiger partial charge in [-0.1, -0.05) is 110 Å². The van der Waals surface area contributed by atoms with Crippen molar-refractivity contribution in [1.29, 1.82) is 0 Å². The number of rotatable bonds is 11. The Kier molecular flexibility index (Phi) is 13.3. The van der Waals surface area contributed by atoms with Crippen molar-refractivity contribution in [1.82, 2.24) is 0 Å². The highest BCUT2D eigenvalue weighted by molar-refractivity contribution is 5.17. The third-order valence-corrected chi connectivity index (χ3v) is 12.1. The quantitative estimate of drug-likeness (QED) is 0.178. The van der Waals surface area contributed by atoms with E-state index in [0.717, 1.165) is 48.3 Å². The van der Waals surface area contributed by atoms with Gasteiger partial charge in [-0.25, -0.2) is 0 Å². The lowest BCUT2D eigenvalue weighted by molar-refractivity contribution is -0.0782. The lowest BCUT2D eigenvalue weighted by Gasteiger charge is -2.55. The highest BCUT2D eigenvalue weighted by Crippen LogP contribution is 2.64. The molecule has 3 fully saturated rings. The Balaban J connectivity index is 0.00000226. The number of allylic oxidation sites excluding steroid dienone is 5. The molecule has 0 amide bonds. The first-order valence-electron chi connectivity index (χ1n) is 18.2. The van der Waals surface area contributed by atoms with E-state index >= 15 is 0 Å². The summed E-state index contributed by atoms with van der Waals surface area (Å²) in [7, 11) is 0. The van der Waals surface area contributed by atoms with Gasteiger partial charge in [0.2, 0.25) is 0 Å². The normalized spacial score (nSPS) is 36.3. The molecule has 41 heavy (non-hydrogen) atoms. The van der Waals surface area contributed by atoms with Crippen molar-refractivity contribution < 1.29 is 4.74 Å². The summed E-state index contributed by atoms with van der Waals surface area (Å²) < 4.78 is 6.75. The average Bonchev–Trinajstić information content (AvgIpc) is 3.27. The van der Waals surface area contributed by atoms with Crippen LogP contribution in [0.5, 0.6) is 0 Å². The van der Waals surface area contributed by atoms with Crippen molar-refractivity contribution in [3.63, 3.8) is 0 Å². The second-order valence-electron chi connectivity index (χ2n) is 15.6. The molecule has 0 N–H and O–H groups in total. The van der Waals surface area contributed by atoms with Crippen LogP contribution >= 0.6 is 0 Å². The van der Waals surface area contributed by atoms with Crippen LogP contribution in [0.3, 0.4) is 0 Å². The van der Waals surface area contributed by atoms with E-state index in [4.69, 9.17) is 4.74 Å². The van der Waals surface area contributed by atoms with Crippen LogP contribution in [0.4, 0.5) is 0 Å². The second kappa shape index (κ2) is 15.8. The first-order valence-corrected chi connectivity index (χ1v) is 18.2. The minimum atomic E-state index is 0.317. The largest absolute Gasteiger partial charge is 0.375 e. The first kappa shape index (κ1) is 34.7.